The summed E-state index contributed by atoms with van der Waals surface area (Å²) in [6, 6.07) is 1.66. The summed E-state index contributed by atoms with van der Waals surface area (Å²) in [4.78, 5) is 13.9. The Labute approximate surface area is 107 Å². The largest absolute Gasteiger partial charge is 0.467 e. The fourth-order valence-electron chi connectivity index (χ4n) is 2.65. The van der Waals surface area contributed by atoms with Crippen molar-refractivity contribution in [1.29, 1.82) is 0 Å². The molecule has 1 aliphatic heterocycles. The van der Waals surface area contributed by atoms with Crippen molar-refractivity contribution in [2.75, 3.05) is 13.1 Å². The third kappa shape index (κ3) is 2.91. The summed E-state index contributed by atoms with van der Waals surface area (Å²) in [5.41, 5.74) is 2.68. The molecule has 1 amide bonds. The quantitative estimate of drug-likeness (QED) is 0.472. The Morgan fingerprint density at radius 2 is 2.50 bits per heavy atom. The first-order valence-electron chi connectivity index (χ1n) is 6.54. The lowest BCUT2D eigenvalue weighted by atomic mass is 10.0. The monoisotopic (exact) mass is 251 g/mol. The zero-order valence-corrected chi connectivity index (χ0v) is 10.8. The fourth-order valence-corrected chi connectivity index (χ4v) is 2.65. The predicted molar refractivity (Wildman–Crippen MR) is 68.7 cm³/mol. The maximum atomic E-state index is 11.5. The van der Waals surface area contributed by atoms with Gasteiger partial charge in [0.1, 0.15) is 5.76 Å². The van der Waals surface area contributed by atoms with E-state index in [1.807, 2.05) is 0 Å². The molecule has 5 nitrogen and oxygen atoms in total. The predicted octanol–water partition coefficient (Wildman–Crippen LogP) is 1.51. The lowest BCUT2D eigenvalue weighted by Gasteiger charge is -2.15. The van der Waals surface area contributed by atoms with E-state index in [1.165, 1.54) is 19.3 Å². The van der Waals surface area contributed by atoms with E-state index in [4.69, 9.17) is 10.3 Å². The summed E-state index contributed by atoms with van der Waals surface area (Å²) >= 11 is 0. The minimum atomic E-state index is -0.289. The number of nitrogens with zero attached hydrogens (tertiary/aromatic N) is 1. The van der Waals surface area contributed by atoms with Gasteiger partial charge in [-0.25, -0.2) is 5.84 Å². The zero-order valence-electron chi connectivity index (χ0n) is 10.8. The summed E-state index contributed by atoms with van der Waals surface area (Å²) in [6.45, 7) is 5.09. The van der Waals surface area contributed by atoms with Gasteiger partial charge in [0.2, 0.25) is 0 Å². The normalized spacial score (nSPS) is 20.2. The zero-order chi connectivity index (χ0) is 13.0. The van der Waals surface area contributed by atoms with Gasteiger partial charge < -0.3 is 4.42 Å². The summed E-state index contributed by atoms with van der Waals surface area (Å²) in [5, 5.41) is 0. The summed E-state index contributed by atoms with van der Waals surface area (Å²) in [5.74, 6) is 6.35. The van der Waals surface area contributed by atoms with Crippen molar-refractivity contribution in [3.63, 3.8) is 0 Å². The number of hydrazine groups is 1. The van der Waals surface area contributed by atoms with Crippen molar-refractivity contribution in [2.24, 2.45) is 11.8 Å². The van der Waals surface area contributed by atoms with Gasteiger partial charge in [0.15, 0.2) is 0 Å². The van der Waals surface area contributed by atoms with Gasteiger partial charge in [0, 0.05) is 6.54 Å². The van der Waals surface area contributed by atoms with Crippen LogP contribution in [-0.4, -0.2) is 23.9 Å². The summed E-state index contributed by atoms with van der Waals surface area (Å²) in [7, 11) is 0. The number of nitrogens with two attached hydrogens (primary N) is 1. The minimum absolute atomic E-state index is 0.289. The molecule has 1 saturated heterocycles. The van der Waals surface area contributed by atoms with Crippen LogP contribution in [0.5, 0.6) is 0 Å². The average molecular weight is 251 g/mol. The number of hydrogen-bond donors (Lipinski definition) is 2. The molecule has 100 valence electrons. The highest BCUT2D eigenvalue weighted by Gasteiger charge is 2.24. The van der Waals surface area contributed by atoms with Crippen LogP contribution in [0.4, 0.5) is 0 Å². The third-order valence-electron chi connectivity index (χ3n) is 3.56. The van der Waals surface area contributed by atoms with Crippen molar-refractivity contribution < 1.29 is 9.21 Å². The van der Waals surface area contributed by atoms with Crippen LogP contribution >= 0.6 is 0 Å². The van der Waals surface area contributed by atoms with E-state index in [0.29, 0.717) is 17.9 Å². The number of rotatable bonds is 5. The van der Waals surface area contributed by atoms with E-state index in [1.54, 1.807) is 12.3 Å². The second-order valence-electron chi connectivity index (χ2n) is 4.91. The lowest BCUT2D eigenvalue weighted by molar-refractivity contribution is 0.0950. The summed E-state index contributed by atoms with van der Waals surface area (Å²) < 4.78 is 5.39. The van der Waals surface area contributed by atoms with E-state index in [2.05, 4.69) is 17.2 Å². The van der Waals surface area contributed by atoms with Crippen molar-refractivity contribution in [1.82, 2.24) is 10.3 Å². The van der Waals surface area contributed by atoms with E-state index in [0.717, 1.165) is 19.0 Å². The molecule has 1 unspecified atom stereocenters. The third-order valence-corrected chi connectivity index (χ3v) is 3.56. The molecule has 1 aromatic heterocycles. The Bertz CT molecular complexity index is 403. The Hall–Kier alpha value is -1.33. The number of hydrogen-bond acceptors (Lipinski definition) is 4. The molecule has 1 fully saturated rings. The molecule has 0 bridgehead atoms. The molecule has 0 saturated carbocycles. The number of amides is 1. The molecule has 1 aromatic rings. The van der Waals surface area contributed by atoms with Gasteiger partial charge >= 0.3 is 0 Å². The highest BCUT2D eigenvalue weighted by atomic mass is 16.3. The number of nitrogens with one attached hydrogen (secondary N) is 1. The van der Waals surface area contributed by atoms with E-state index >= 15 is 0 Å². The first kappa shape index (κ1) is 13.1. The number of furan rings is 1. The van der Waals surface area contributed by atoms with Gasteiger partial charge in [0.25, 0.3) is 5.91 Å². The van der Waals surface area contributed by atoms with Gasteiger partial charge in [-0.1, -0.05) is 13.3 Å². The minimum Gasteiger partial charge on any atom is -0.467 e. The standard InChI is InChI=1S/C13H21N3O2/c1-2-3-10-4-6-16(8-10)9-12-11(5-7-18-12)13(17)15-14/h5,7,10H,2-4,6,8-9,14H2,1H3,(H,15,17). The van der Waals surface area contributed by atoms with Crippen LogP contribution in [0.25, 0.3) is 0 Å². The van der Waals surface area contributed by atoms with Crippen LogP contribution in [-0.2, 0) is 6.54 Å². The van der Waals surface area contributed by atoms with Gasteiger partial charge in [-0.3, -0.25) is 15.1 Å². The maximum Gasteiger partial charge on any atom is 0.268 e. The molecule has 1 atom stereocenters. The molecule has 0 aliphatic carbocycles. The number of nitrogen functional groups attached to an aromatic ring is 1. The second kappa shape index (κ2) is 6.02. The van der Waals surface area contributed by atoms with Crippen molar-refractivity contribution in [2.45, 2.75) is 32.7 Å². The molecular formula is C13H21N3O2. The molecule has 2 heterocycles. The number of carbonyl (C=O) groups is 1. The van der Waals surface area contributed by atoms with Crippen LogP contribution in [0, 0.1) is 5.92 Å². The SMILES string of the molecule is CCCC1CCN(Cc2occc2C(=O)NN)C1. The molecule has 0 aromatic carbocycles. The number of likely N-dealkylation sites (tertiary alicyclic amines) is 1. The molecule has 5 heteroatoms. The van der Waals surface area contributed by atoms with Crippen LogP contribution in [0.15, 0.2) is 16.7 Å². The Morgan fingerprint density at radius 1 is 1.67 bits per heavy atom. The average Bonchev–Trinajstić information content (AvgIpc) is 2.99. The van der Waals surface area contributed by atoms with Crippen LogP contribution in [0.2, 0.25) is 0 Å². The Morgan fingerprint density at radius 3 is 3.22 bits per heavy atom. The lowest BCUT2D eigenvalue weighted by Crippen LogP contribution is -2.31. The highest BCUT2D eigenvalue weighted by molar-refractivity contribution is 5.94. The van der Waals surface area contributed by atoms with Crippen molar-refractivity contribution in [3.8, 4) is 0 Å². The van der Waals surface area contributed by atoms with Crippen molar-refractivity contribution >= 4 is 5.91 Å². The smallest absolute Gasteiger partial charge is 0.268 e. The number of carbonyl (C=O) groups excluding carboxylic acids is 1. The molecule has 18 heavy (non-hydrogen) atoms. The van der Waals surface area contributed by atoms with Gasteiger partial charge in [0.05, 0.1) is 18.4 Å². The van der Waals surface area contributed by atoms with Crippen molar-refractivity contribution in [3.05, 3.63) is 23.7 Å². The fraction of sp³-hybridized carbons (Fsp3) is 0.615. The topological polar surface area (TPSA) is 71.5 Å². The first-order valence-corrected chi connectivity index (χ1v) is 6.54. The second-order valence-corrected chi connectivity index (χ2v) is 4.91. The Balaban J connectivity index is 1.94. The molecular weight excluding hydrogens is 230 g/mol. The molecule has 2 rings (SSSR count). The van der Waals surface area contributed by atoms with Gasteiger partial charge in [-0.05, 0) is 31.4 Å². The van der Waals surface area contributed by atoms with E-state index in [9.17, 15) is 4.79 Å². The Kier molecular flexibility index (Phi) is 4.38. The molecule has 0 spiro atoms. The van der Waals surface area contributed by atoms with Gasteiger partial charge in [-0.2, -0.15) is 0 Å². The highest BCUT2D eigenvalue weighted by Crippen LogP contribution is 2.23. The van der Waals surface area contributed by atoms with Crippen LogP contribution < -0.4 is 11.3 Å². The first-order chi connectivity index (χ1) is 8.74. The van der Waals surface area contributed by atoms with E-state index < -0.39 is 0 Å². The van der Waals surface area contributed by atoms with E-state index in [-0.39, 0.29) is 5.91 Å². The molecule has 3 N–H and O–H groups in total. The maximum absolute atomic E-state index is 11.5. The van der Waals surface area contributed by atoms with Crippen LogP contribution in [0.1, 0.15) is 42.3 Å². The summed E-state index contributed by atoms with van der Waals surface area (Å²) in [6.07, 6.45) is 5.30. The van der Waals surface area contributed by atoms with Gasteiger partial charge in [-0.15, -0.1) is 0 Å². The van der Waals surface area contributed by atoms with Crippen LogP contribution in [0.3, 0.4) is 0 Å². The molecule has 0 radical (unpaired) electrons. The molecule has 1 aliphatic rings.